The number of imide groups is 1. The van der Waals surface area contributed by atoms with Crippen molar-refractivity contribution in [3.05, 3.63) is 76.7 Å². The number of anilines is 1. The molecule has 24 heavy (non-hydrogen) atoms. The number of carbonyl (C=O) groups is 2. The molecule has 5 heteroatoms. The van der Waals surface area contributed by atoms with Gasteiger partial charge in [0.05, 0.1) is 10.6 Å². The number of allylic oxidation sites excluding steroid dienone is 2. The molecule has 0 unspecified atom stereocenters. The Morgan fingerprint density at radius 3 is 2.54 bits per heavy atom. The molecule has 4 nitrogen and oxygen atoms in total. The van der Waals surface area contributed by atoms with Crippen molar-refractivity contribution in [1.82, 2.24) is 0 Å². The zero-order valence-electron chi connectivity index (χ0n) is 13.0. The molecule has 0 radical (unpaired) electrons. The Bertz CT molecular complexity index is 856. The summed E-state index contributed by atoms with van der Waals surface area (Å²) in [6.45, 7) is 1.88. The van der Waals surface area contributed by atoms with Crippen LogP contribution in [0.3, 0.4) is 0 Å². The van der Waals surface area contributed by atoms with Crippen LogP contribution < -0.4 is 4.90 Å². The molecule has 1 heterocycles. The highest BCUT2D eigenvalue weighted by Crippen LogP contribution is 2.36. The molecule has 1 N–H and O–H groups in total. The van der Waals surface area contributed by atoms with Gasteiger partial charge in [0, 0.05) is 6.07 Å². The van der Waals surface area contributed by atoms with Gasteiger partial charge in [-0.2, -0.15) is 0 Å². The van der Waals surface area contributed by atoms with Gasteiger partial charge in [-0.15, -0.1) is 0 Å². The summed E-state index contributed by atoms with van der Waals surface area (Å²) in [4.78, 5) is 26.1. The first-order chi connectivity index (χ1) is 11.5. The summed E-state index contributed by atoms with van der Waals surface area (Å²) in [6.07, 6.45) is 3.66. The minimum atomic E-state index is -0.378. The molecule has 0 bridgehead atoms. The minimum absolute atomic E-state index is 0.00989. The Morgan fingerprint density at radius 2 is 1.83 bits per heavy atom. The third-order valence-electron chi connectivity index (χ3n) is 3.43. The first-order valence-corrected chi connectivity index (χ1v) is 8.16. The first kappa shape index (κ1) is 16.1. The predicted octanol–water partition coefficient (Wildman–Crippen LogP) is 4.58. The van der Waals surface area contributed by atoms with Crippen LogP contribution in [0.25, 0.3) is 6.08 Å². The highest BCUT2D eigenvalue weighted by atomic mass is 32.2. The number of hydrogen-bond acceptors (Lipinski definition) is 4. The van der Waals surface area contributed by atoms with Crippen molar-refractivity contribution in [3.63, 3.8) is 0 Å². The molecule has 1 fully saturated rings. The normalized spacial score (nSPS) is 17.0. The fourth-order valence-electron chi connectivity index (χ4n) is 2.38. The number of hydrogen-bond donors (Lipinski definition) is 1. The van der Waals surface area contributed by atoms with E-state index in [2.05, 4.69) is 0 Å². The molecule has 1 aliphatic rings. The second-order valence-corrected chi connectivity index (χ2v) is 6.33. The molecular weight excluding hydrogens is 322 g/mol. The first-order valence-electron chi connectivity index (χ1n) is 7.35. The van der Waals surface area contributed by atoms with Crippen LogP contribution >= 0.6 is 11.8 Å². The van der Waals surface area contributed by atoms with Crippen molar-refractivity contribution in [2.24, 2.45) is 0 Å². The fraction of sp³-hybridized carbons (Fsp3) is 0.0526. The maximum Gasteiger partial charge on any atom is 0.298 e. The fourth-order valence-corrected chi connectivity index (χ4v) is 3.27. The van der Waals surface area contributed by atoms with Crippen LogP contribution in [0.4, 0.5) is 10.5 Å². The van der Waals surface area contributed by atoms with E-state index < -0.39 is 0 Å². The number of amides is 2. The number of benzene rings is 2. The average Bonchev–Trinajstić information content (AvgIpc) is 2.82. The standard InChI is InChI=1S/C19H15NO3S/c1-13(10-14-6-3-2-4-7-14)11-17-18(22)20(19(23)24-17)15-8-5-9-16(21)12-15/h2-12,21H,1H3. The highest BCUT2D eigenvalue weighted by Gasteiger charge is 2.36. The maximum absolute atomic E-state index is 12.5. The van der Waals surface area contributed by atoms with E-state index in [4.69, 9.17) is 0 Å². The van der Waals surface area contributed by atoms with Gasteiger partial charge >= 0.3 is 0 Å². The minimum Gasteiger partial charge on any atom is -0.508 e. The van der Waals surface area contributed by atoms with Crippen molar-refractivity contribution in [1.29, 1.82) is 0 Å². The second-order valence-electron chi connectivity index (χ2n) is 5.34. The lowest BCUT2D eigenvalue weighted by Crippen LogP contribution is -2.27. The molecule has 120 valence electrons. The number of thioether (sulfide) groups is 1. The quantitative estimate of drug-likeness (QED) is 0.833. The molecule has 0 spiro atoms. The number of rotatable bonds is 3. The SMILES string of the molecule is CC(=Cc1ccccc1)C=C1SC(=O)N(c2cccc(O)c2)C1=O. The molecule has 0 aliphatic carbocycles. The number of phenolic OH excluding ortho intramolecular Hbond substituents is 1. The molecule has 2 aromatic carbocycles. The molecule has 2 aromatic rings. The summed E-state index contributed by atoms with van der Waals surface area (Å²) in [5.74, 6) is -0.368. The number of aromatic hydroxyl groups is 1. The topological polar surface area (TPSA) is 57.6 Å². The van der Waals surface area contributed by atoms with Crippen molar-refractivity contribution in [2.45, 2.75) is 6.92 Å². The monoisotopic (exact) mass is 337 g/mol. The van der Waals surface area contributed by atoms with Crippen LogP contribution in [0, 0.1) is 0 Å². The summed E-state index contributed by atoms with van der Waals surface area (Å²) in [6, 6.07) is 15.9. The molecule has 1 aliphatic heterocycles. The van der Waals surface area contributed by atoms with Gasteiger partial charge in [0.15, 0.2) is 0 Å². The van der Waals surface area contributed by atoms with Gasteiger partial charge in [-0.1, -0.05) is 42.5 Å². The Balaban J connectivity index is 1.87. The van der Waals surface area contributed by atoms with E-state index in [1.165, 1.54) is 12.1 Å². The Kier molecular flexibility index (Phi) is 4.53. The molecule has 3 rings (SSSR count). The van der Waals surface area contributed by atoms with Gasteiger partial charge in [0.1, 0.15) is 5.75 Å². The van der Waals surface area contributed by atoms with E-state index in [9.17, 15) is 14.7 Å². The largest absolute Gasteiger partial charge is 0.508 e. The molecule has 0 aromatic heterocycles. The zero-order chi connectivity index (χ0) is 17.1. The third kappa shape index (κ3) is 3.41. The van der Waals surface area contributed by atoms with Gasteiger partial charge in [0.25, 0.3) is 11.1 Å². The summed E-state index contributed by atoms with van der Waals surface area (Å²) in [7, 11) is 0. The third-order valence-corrected chi connectivity index (χ3v) is 4.30. The summed E-state index contributed by atoms with van der Waals surface area (Å²) in [5.41, 5.74) is 2.27. The molecule has 1 saturated heterocycles. The number of carbonyl (C=O) groups excluding carboxylic acids is 2. The lowest BCUT2D eigenvalue weighted by molar-refractivity contribution is -0.113. The lowest BCUT2D eigenvalue weighted by atomic mass is 10.1. The molecule has 0 atom stereocenters. The van der Waals surface area contributed by atoms with Crippen LogP contribution in [-0.2, 0) is 4.79 Å². The second kappa shape index (κ2) is 6.76. The van der Waals surface area contributed by atoms with Crippen LogP contribution in [0.1, 0.15) is 12.5 Å². The molecular formula is C19H15NO3S. The van der Waals surface area contributed by atoms with E-state index in [-0.39, 0.29) is 16.9 Å². The number of phenols is 1. The van der Waals surface area contributed by atoms with Crippen LogP contribution in [-0.4, -0.2) is 16.3 Å². The summed E-state index contributed by atoms with van der Waals surface area (Å²) >= 11 is 0.897. The van der Waals surface area contributed by atoms with Gasteiger partial charge in [-0.25, -0.2) is 4.90 Å². The van der Waals surface area contributed by atoms with Crippen molar-refractivity contribution >= 4 is 34.7 Å². The molecule has 2 amide bonds. The lowest BCUT2D eigenvalue weighted by Gasteiger charge is -2.12. The predicted molar refractivity (Wildman–Crippen MR) is 96.8 cm³/mol. The maximum atomic E-state index is 12.5. The summed E-state index contributed by atoms with van der Waals surface area (Å²) in [5, 5.41) is 9.17. The number of nitrogens with zero attached hydrogens (tertiary/aromatic N) is 1. The van der Waals surface area contributed by atoms with Crippen molar-refractivity contribution in [3.8, 4) is 5.75 Å². The smallest absolute Gasteiger partial charge is 0.298 e. The van der Waals surface area contributed by atoms with Gasteiger partial charge in [0.2, 0.25) is 0 Å². The van der Waals surface area contributed by atoms with Crippen LogP contribution in [0.2, 0.25) is 0 Å². The van der Waals surface area contributed by atoms with E-state index in [0.29, 0.717) is 10.6 Å². The van der Waals surface area contributed by atoms with E-state index in [1.807, 2.05) is 43.3 Å². The zero-order valence-corrected chi connectivity index (χ0v) is 13.8. The highest BCUT2D eigenvalue weighted by molar-refractivity contribution is 8.18. The Hall–Kier alpha value is -2.79. The Labute approximate surface area is 144 Å². The van der Waals surface area contributed by atoms with Gasteiger partial charge in [-0.05, 0) is 48.0 Å². The van der Waals surface area contributed by atoms with Gasteiger partial charge in [-0.3, -0.25) is 9.59 Å². The van der Waals surface area contributed by atoms with Crippen LogP contribution in [0.5, 0.6) is 5.75 Å². The van der Waals surface area contributed by atoms with E-state index >= 15 is 0 Å². The summed E-state index contributed by atoms with van der Waals surface area (Å²) < 4.78 is 0. The van der Waals surface area contributed by atoms with Crippen LogP contribution in [0.15, 0.2) is 71.2 Å². The molecule has 0 saturated carbocycles. The van der Waals surface area contributed by atoms with E-state index in [1.54, 1.807) is 18.2 Å². The van der Waals surface area contributed by atoms with Gasteiger partial charge < -0.3 is 5.11 Å². The van der Waals surface area contributed by atoms with E-state index in [0.717, 1.165) is 27.8 Å². The van der Waals surface area contributed by atoms with Crippen molar-refractivity contribution < 1.29 is 14.7 Å². The average molecular weight is 337 g/mol. The van der Waals surface area contributed by atoms with Crippen molar-refractivity contribution in [2.75, 3.05) is 4.90 Å². The Morgan fingerprint density at radius 1 is 1.08 bits per heavy atom.